The lowest BCUT2D eigenvalue weighted by Crippen LogP contribution is -2.32. The van der Waals surface area contributed by atoms with Crippen LogP contribution in [0.5, 0.6) is 5.75 Å². The number of nitrogens with zero attached hydrogens (tertiary/aromatic N) is 4. The first-order chi connectivity index (χ1) is 19.6. The number of pyridine rings is 2. The molecular formula is C27H20F3N5O5S. The Kier molecular flexibility index (Phi) is 6.49. The number of ether oxygens (including phenoxy) is 1. The fraction of sp³-hybridized carbons (Fsp3) is 0.185. The molecule has 1 aliphatic rings. The lowest BCUT2D eigenvalue weighted by molar-refractivity contribution is -0.274. The van der Waals surface area contributed by atoms with E-state index in [9.17, 15) is 26.4 Å². The lowest BCUT2D eigenvalue weighted by atomic mass is 10.0. The van der Waals surface area contributed by atoms with Crippen LogP contribution in [0.1, 0.15) is 29.9 Å². The van der Waals surface area contributed by atoms with Crippen molar-refractivity contribution in [1.29, 1.82) is 0 Å². The van der Waals surface area contributed by atoms with Gasteiger partial charge in [-0.2, -0.15) is 0 Å². The van der Waals surface area contributed by atoms with Gasteiger partial charge in [0.2, 0.25) is 5.82 Å². The Bertz CT molecular complexity index is 1880. The molecule has 0 spiro atoms. The summed E-state index contributed by atoms with van der Waals surface area (Å²) in [4.78, 5) is 22.2. The van der Waals surface area contributed by atoms with Crippen molar-refractivity contribution >= 4 is 26.6 Å². The van der Waals surface area contributed by atoms with Crippen LogP contribution >= 0.6 is 0 Å². The molecule has 5 aromatic rings. The van der Waals surface area contributed by atoms with E-state index in [0.717, 1.165) is 51.8 Å². The quantitative estimate of drug-likeness (QED) is 0.266. The van der Waals surface area contributed by atoms with E-state index in [4.69, 9.17) is 0 Å². The van der Waals surface area contributed by atoms with Crippen molar-refractivity contribution in [1.82, 2.24) is 20.1 Å². The van der Waals surface area contributed by atoms with Crippen molar-refractivity contribution in [2.24, 2.45) is 0 Å². The summed E-state index contributed by atoms with van der Waals surface area (Å²) in [5.41, 5.74) is 1.38. The summed E-state index contributed by atoms with van der Waals surface area (Å²) in [5, 5.41) is 5.29. The van der Waals surface area contributed by atoms with E-state index >= 15 is 0 Å². The number of nitrogens with one attached hydrogen (secondary N) is 1. The maximum absolute atomic E-state index is 14.2. The number of hydrogen-bond acceptors (Lipinski definition) is 8. The Hall–Kier alpha value is -4.72. The van der Waals surface area contributed by atoms with Gasteiger partial charge in [-0.05, 0) is 54.0 Å². The lowest BCUT2D eigenvalue weighted by Gasteiger charge is -2.26. The van der Waals surface area contributed by atoms with Gasteiger partial charge in [-0.15, -0.1) is 13.2 Å². The molecule has 1 aliphatic carbocycles. The summed E-state index contributed by atoms with van der Waals surface area (Å²) in [7, 11) is -4.30. The van der Waals surface area contributed by atoms with Gasteiger partial charge in [0.1, 0.15) is 22.2 Å². The van der Waals surface area contributed by atoms with Gasteiger partial charge < -0.3 is 4.74 Å². The normalized spacial score (nSPS) is 13.8. The molecule has 1 fully saturated rings. The zero-order valence-corrected chi connectivity index (χ0v) is 21.8. The van der Waals surface area contributed by atoms with Crippen LogP contribution in [-0.4, -0.2) is 34.9 Å². The molecule has 1 N–H and O–H groups in total. The van der Waals surface area contributed by atoms with Crippen LogP contribution in [0.25, 0.3) is 22.3 Å². The van der Waals surface area contributed by atoms with Crippen LogP contribution in [0, 0.1) is 0 Å². The third kappa shape index (κ3) is 5.50. The fourth-order valence-corrected chi connectivity index (χ4v) is 5.90. The summed E-state index contributed by atoms with van der Waals surface area (Å²) in [5.74, 6) is -0.848. The number of anilines is 1. The minimum absolute atomic E-state index is 0.0317. The van der Waals surface area contributed by atoms with Crippen LogP contribution in [-0.2, 0) is 16.6 Å². The molecule has 3 aromatic heterocycles. The van der Waals surface area contributed by atoms with E-state index < -0.39 is 27.9 Å². The smallest absolute Gasteiger partial charge is 0.406 e. The highest BCUT2D eigenvalue weighted by Crippen LogP contribution is 2.48. The summed E-state index contributed by atoms with van der Waals surface area (Å²) >= 11 is 0. The predicted molar refractivity (Wildman–Crippen MR) is 141 cm³/mol. The SMILES string of the molecule is O=c1[nH]c(-c2ccc(S(=O)(=O)N(Cc3ccc(OC(F)(F)F)cc3)c3ncc4ccccc4c3C3CC3)cn2)no1. The van der Waals surface area contributed by atoms with Gasteiger partial charge in [-0.3, -0.25) is 14.5 Å². The molecular weight excluding hydrogens is 563 g/mol. The van der Waals surface area contributed by atoms with E-state index in [2.05, 4.69) is 29.4 Å². The monoisotopic (exact) mass is 583 g/mol. The number of hydrogen-bond donors (Lipinski definition) is 1. The van der Waals surface area contributed by atoms with Crippen molar-refractivity contribution in [2.75, 3.05) is 4.31 Å². The maximum atomic E-state index is 14.2. The molecule has 0 atom stereocenters. The number of halogens is 3. The Morgan fingerprint density at radius 2 is 1.76 bits per heavy atom. The van der Waals surface area contributed by atoms with Crippen molar-refractivity contribution < 1.29 is 30.8 Å². The van der Waals surface area contributed by atoms with E-state index in [0.29, 0.717) is 5.56 Å². The van der Waals surface area contributed by atoms with Gasteiger partial charge in [-0.1, -0.05) is 41.6 Å². The Balaban J connectivity index is 1.44. The van der Waals surface area contributed by atoms with Gasteiger partial charge in [-0.25, -0.2) is 22.5 Å². The van der Waals surface area contributed by atoms with Gasteiger partial charge in [0.15, 0.2) is 0 Å². The number of aromatic nitrogens is 4. The first-order valence-electron chi connectivity index (χ1n) is 12.4. The number of aromatic amines is 1. The Morgan fingerprint density at radius 3 is 2.39 bits per heavy atom. The zero-order chi connectivity index (χ0) is 28.8. The molecule has 0 amide bonds. The molecule has 14 heteroatoms. The number of fused-ring (bicyclic) bond motifs is 1. The highest BCUT2D eigenvalue weighted by molar-refractivity contribution is 7.92. The molecule has 2 aromatic carbocycles. The molecule has 0 unspecified atom stereocenters. The summed E-state index contributed by atoms with van der Waals surface area (Å²) in [6.45, 7) is -0.224. The third-order valence-electron chi connectivity index (χ3n) is 6.53. The summed E-state index contributed by atoms with van der Waals surface area (Å²) in [6, 6.07) is 15.2. The first-order valence-corrected chi connectivity index (χ1v) is 13.8. The molecule has 0 radical (unpaired) electrons. The molecule has 3 heterocycles. The van der Waals surface area contributed by atoms with Crippen molar-refractivity contribution in [3.63, 3.8) is 0 Å². The largest absolute Gasteiger partial charge is 0.573 e. The molecule has 0 aliphatic heterocycles. The van der Waals surface area contributed by atoms with Gasteiger partial charge in [0.25, 0.3) is 10.0 Å². The van der Waals surface area contributed by atoms with Gasteiger partial charge >= 0.3 is 12.1 Å². The molecule has 210 valence electrons. The standard InChI is InChI=1S/C27H20F3N5O5S/c28-27(29,30)39-19-9-5-16(6-10-19)15-35(25-23(17-7-8-17)21-4-2-1-3-18(21)13-32-25)41(37,38)20-11-12-22(31-14-20)24-33-26(36)40-34-24/h1-6,9-14,17H,7-8,15H2,(H,33,34,36). The van der Waals surface area contributed by atoms with Crippen LogP contribution in [0.2, 0.25) is 0 Å². The molecule has 0 bridgehead atoms. The molecule has 41 heavy (non-hydrogen) atoms. The van der Waals surface area contributed by atoms with Gasteiger partial charge in [0.05, 0.1) is 6.54 Å². The van der Waals surface area contributed by atoms with Gasteiger partial charge in [0, 0.05) is 23.3 Å². The van der Waals surface area contributed by atoms with Crippen LogP contribution in [0.15, 0.2) is 87.3 Å². The number of alkyl halides is 3. The predicted octanol–water partition coefficient (Wildman–Crippen LogP) is 5.14. The second-order valence-electron chi connectivity index (χ2n) is 9.38. The highest BCUT2D eigenvalue weighted by atomic mass is 32.2. The highest BCUT2D eigenvalue weighted by Gasteiger charge is 2.36. The second kappa shape index (κ2) is 10.0. The summed E-state index contributed by atoms with van der Waals surface area (Å²) < 4.78 is 75.9. The molecule has 0 saturated heterocycles. The minimum Gasteiger partial charge on any atom is -0.406 e. The zero-order valence-electron chi connectivity index (χ0n) is 21.0. The van der Waals surface area contributed by atoms with E-state index in [-0.39, 0.29) is 34.7 Å². The van der Waals surface area contributed by atoms with Crippen LogP contribution < -0.4 is 14.8 Å². The number of rotatable bonds is 8. The Labute approximate surface area is 230 Å². The molecule has 1 saturated carbocycles. The Morgan fingerprint density at radius 1 is 1.00 bits per heavy atom. The summed E-state index contributed by atoms with van der Waals surface area (Å²) in [6.07, 6.45) is -0.397. The van der Waals surface area contributed by atoms with Crippen molar-refractivity contribution in [2.45, 2.75) is 36.6 Å². The molecule has 6 rings (SSSR count). The topological polar surface area (TPSA) is 131 Å². The van der Waals surface area contributed by atoms with Crippen molar-refractivity contribution in [3.05, 3.63) is 94.7 Å². The van der Waals surface area contributed by atoms with E-state index in [1.165, 1.54) is 24.3 Å². The minimum atomic E-state index is -4.86. The average Bonchev–Trinajstić information content (AvgIpc) is 3.70. The van der Waals surface area contributed by atoms with Crippen molar-refractivity contribution in [3.8, 4) is 17.3 Å². The number of sulfonamides is 1. The first kappa shape index (κ1) is 26.5. The number of benzene rings is 2. The maximum Gasteiger partial charge on any atom is 0.573 e. The average molecular weight is 584 g/mol. The number of H-pyrrole nitrogens is 1. The molecule has 10 nitrogen and oxygen atoms in total. The third-order valence-corrected chi connectivity index (χ3v) is 8.25. The van der Waals surface area contributed by atoms with E-state index in [1.807, 2.05) is 24.3 Å². The fourth-order valence-electron chi connectivity index (χ4n) is 4.53. The second-order valence-corrected chi connectivity index (χ2v) is 11.2. The van der Waals surface area contributed by atoms with Crippen LogP contribution in [0.4, 0.5) is 19.0 Å². The van der Waals surface area contributed by atoms with Crippen LogP contribution in [0.3, 0.4) is 0 Å². The van der Waals surface area contributed by atoms with E-state index in [1.54, 1.807) is 6.20 Å².